The zero-order valence-corrected chi connectivity index (χ0v) is 11.6. The maximum Gasteiger partial charge on any atom is 0.154 e. The van der Waals surface area contributed by atoms with Gasteiger partial charge in [-0.1, -0.05) is 0 Å². The van der Waals surface area contributed by atoms with Gasteiger partial charge in [-0.2, -0.15) is 0 Å². The van der Waals surface area contributed by atoms with Crippen LogP contribution in [-0.2, 0) is 11.8 Å². The Labute approximate surface area is 112 Å². The Bertz CT molecular complexity index is 551. The maximum atomic E-state index is 10.2. The largest absolute Gasteiger partial charge is 0.388 e. The van der Waals surface area contributed by atoms with Gasteiger partial charge in [-0.05, 0) is 13.0 Å². The van der Waals surface area contributed by atoms with Crippen molar-refractivity contribution in [1.82, 2.24) is 14.5 Å². The van der Waals surface area contributed by atoms with Gasteiger partial charge in [-0.15, -0.1) is 0 Å². The average molecular weight is 264 g/mol. The minimum absolute atomic E-state index is 0.402. The summed E-state index contributed by atoms with van der Waals surface area (Å²) in [6.45, 7) is 2.70. The number of fused-ring (bicyclic) bond motifs is 1. The van der Waals surface area contributed by atoms with E-state index >= 15 is 0 Å². The van der Waals surface area contributed by atoms with Crippen LogP contribution in [0.4, 0.5) is 5.82 Å². The van der Waals surface area contributed by atoms with Crippen molar-refractivity contribution in [2.24, 2.45) is 7.05 Å². The fourth-order valence-corrected chi connectivity index (χ4v) is 1.88. The smallest absolute Gasteiger partial charge is 0.154 e. The van der Waals surface area contributed by atoms with Gasteiger partial charge in [0, 0.05) is 39.9 Å². The Morgan fingerprint density at radius 3 is 3.00 bits per heavy atom. The van der Waals surface area contributed by atoms with E-state index in [9.17, 15) is 5.11 Å². The monoisotopic (exact) mass is 264 g/mol. The molecule has 0 saturated heterocycles. The first-order chi connectivity index (χ1) is 9.03. The number of hydrogen-bond acceptors (Lipinski definition) is 5. The molecule has 0 bridgehead atoms. The number of imidazole rings is 1. The van der Waals surface area contributed by atoms with Crippen LogP contribution in [0.3, 0.4) is 0 Å². The molecule has 0 aliphatic heterocycles. The molecule has 0 aliphatic carbocycles. The first-order valence-corrected chi connectivity index (χ1v) is 6.25. The highest BCUT2D eigenvalue weighted by Gasteiger charge is 2.20. The molecule has 2 aromatic rings. The van der Waals surface area contributed by atoms with E-state index in [1.807, 2.05) is 17.7 Å². The third-order valence-electron chi connectivity index (χ3n) is 3.12. The Morgan fingerprint density at radius 2 is 2.26 bits per heavy atom. The van der Waals surface area contributed by atoms with Gasteiger partial charge in [0.25, 0.3) is 0 Å². The van der Waals surface area contributed by atoms with Crippen LogP contribution in [-0.4, -0.2) is 45.5 Å². The van der Waals surface area contributed by atoms with E-state index in [1.54, 1.807) is 26.6 Å². The second-order valence-corrected chi connectivity index (χ2v) is 4.98. The van der Waals surface area contributed by atoms with Crippen LogP contribution in [0.25, 0.3) is 11.0 Å². The summed E-state index contributed by atoms with van der Waals surface area (Å²) in [4.78, 5) is 8.59. The topological polar surface area (TPSA) is 72.2 Å². The van der Waals surface area contributed by atoms with Gasteiger partial charge in [0.05, 0.1) is 17.4 Å². The molecular weight excluding hydrogens is 244 g/mol. The van der Waals surface area contributed by atoms with Gasteiger partial charge in [0.2, 0.25) is 0 Å². The SMILES string of the molecule is COCCC(C)(O)CNc1nccc2c1ncn2C. The molecule has 6 heteroatoms. The van der Waals surface area contributed by atoms with Crippen LogP contribution in [0, 0.1) is 0 Å². The Kier molecular flexibility index (Phi) is 4.01. The Hall–Kier alpha value is -1.66. The highest BCUT2D eigenvalue weighted by atomic mass is 16.5. The molecule has 0 spiro atoms. The zero-order chi connectivity index (χ0) is 13.9. The van der Waals surface area contributed by atoms with E-state index in [0.717, 1.165) is 11.0 Å². The molecule has 2 N–H and O–H groups in total. The van der Waals surface area contributed by atoms with Crippen LogP contribution >= 0.6 is 0 Å². The minimum Gasteiger partial charge on any atom is -0.388 e. The van der Waals surface area contributed by atoms with Crippen LogP contribution in [0.5, 0.6) is 0 Å². The van der Waals surface area contributed by atoms with Crippen molar-refractivity contribution in [3.63, 3.8) is 0 Å². The van der Waals surface area contributed by atoms with Gasteiger partial charge >= 0.3 is 0 Å². The van der Waals surface area contributed by atoms with E-state index in [0.29, 0.717) is 25.4 Å². The molecule has 6 nitrogen and oxygen atoms in total. The molecule has 0 aromatic carbocycles. The van der Waals surface area contributed by atoms with Crippen molar-refractivity contribution in [3.05, 3.63) is 18.6 Å². The van der Waals surface area contributed by atoms with Gasteiger partial charge in [-0.3, -0.25) is 0 Å². The van der Waals surface area contributed by atoms with Crippen molar-refractivity contribution < 1.29 is 9.84 Å². The molecule has 0 radical (unpaired) electrons. The Morgan fingerprint density at radius 1 is 1.47 bits per heavy atom. The summed E-state index contributed by atoms with van der Waals surface area (Å²) in [7, 11) is 3.56. The fraction of sp³-hybridized carbons (Fsp3) is 0.538. The second-order valence-electron chi connectivity index (χ2n) is 4.98. The number of methoxy groups -OCH3 is 1. The van der Waals surface area contributed by atoms with Gasteiger partial charge in [0.1, 0.15) is 5.52 Å². The zero-order valence-electron chi connectivity index (χ0n) is 11.6. The predicted molar refractivity (Wildman–Crippen MR) is 74.1 cm³/mol. The summed E-state index contributed by atoms with van der Waals surface area (Å²) < 4.78 is 6.92. The summed E-state index contributed by atoms with van der Waals surface area (Å²) in [5, 5.41) is 13.3. The van der Waals surface area contributed by atoms with Gasteiger partial charge in [0.15, 0.2) is 5.82 Å². The first-order valence-electron chi connectivity index (χ1n) is 6.25. The summed E-state index contributed by atoms with van der Waals surface area (Å²) in [5.74, 6) is 0.691. The molecule has 2 rings (SSSR count). The summed E-state index contributed by atoms with van der Waals surface area (Å²) >= 11 is 0. The van der Waals surface area contributed by atoms with Gasteiger partial charge < -0.3 is 19.7 Å². The molecular formula is C13H20N4O2. The van der Waals surface area contributed by atoms with E-state index in [4.69, 9.17) is 4.74 Å². The number of aryl methyl sites for hydroxylation is 1. The fourth-order valence-electron chi connectivity index (χ4n) is 1.88. The number of aliphatic hydroxyl groups is 1. The molecule has 104 valence electrons. The summed E-state index contributed by atoms with van der Waals surface area (Å²) in [5.41, 5.74) is 0.982. The van der Waals surface area contributed by atoms with Crippen molar-refractivity contribution in [1.29, 1.82) is 0 Å². The number of pyridine rings is 1. The third kappa shape index (κ3) is 3.21. The first kappa shape index (κ1) is 13.8. The van der Waals surface area contributed by atoms with Crippen LogP contribution in [0.2, 0.25) is 0 Å². The van der Waals surface area contributed by atoms with Crippen LogP contribution in [0.15, 0.2) is 18.6 Å². The third-order valence-corrected chi connectivity index (χ3v) is 3.12. The van der Waals surface area contributed by atoms with E-state index < -0.39 is 5.60 Å². The molecule has 0 aliphatic rings. The molecule has 19 heavy (non-hydrogen) atoms. The van der Waals surface area contributed by atoms with Crippen molar-refractivity contribution in [3.8, 4) is 0 Å². The van der Waals surface area contributed by atoms with E-state index in [-0.39, 0.29) is 0 Å². The average Bonchev–Trinajstić information content (AvgIpc) is 2.77. The molecule has 0 amide bonds. The van der Waals surface area contributed by atoms with Crippen molar-refractivity contribution in [2.45, 2.75) is 18.9 Å². The number of nitrogens with zero attached hydrogens (tertiary/aromatic N) is 3. The van der Waals surface area contributed by atoms with E-state index in [1.165, 1.54) is 0 Å². The summed E-state index contributed by atoms with van der Waals surface area (Å²) in [6.07, 6.45) is 4.05. The normalized spacial score (nSPS) is 14.5. The van der Waals surface area contributed by atoms with E-state index in [2.05, 4.69) is 15.3 Å². The van der Waals surface area contributed by atoms with Crippen LogP contribution < -0.4 is 5.32 Å². The highest BCUT2D eigenvalue weighted by molar-refractivity contribution is 5.85. The number of hydrogen-bond donors (Lipinski definition) is 2. The Balaban J connectivity index is 2.09. The quantitative estimate of drug-likeness (QED) is 0.819. The molecule has 0 fully saturated rings. The molecule has 0 saturated carbocycles. The molecule has 1 atom stereocenters. The number of anilines is 1. The molecule has 2 heterocycles. The number of nitrogens with one attached hydrogen (secondary N) is 1. The van der Waals surface area contributed by atoms with Crippen molar-refractivity contribution >= 4 is 16.9 Å². The lowest BCUT2D eigenvalue weighted by Crippen LogP contribution is -2.34. The standard InChI is InChI=1S/C13H20N4O2/c1-13(18,5-7-19-3)8-15-12-11-10(4-6-14-12)17(2)9-16-11/h4,6,9,18H,5,7-8H2,1-3H3,(H,14,15). The number of ether oxygens (including phenoxy) is 1. The van der Waals surface area contributed by atoms with Crippen LogP contribution in [0.1, 0.15) is 13.3 Å². The highest BCUT2D eigenvalue weighted by Crippen LogP contribution is 2.19. The van der Waals surface area contributed by atoms with Gasteiger partial charge in [-0.25, -0.2) is 9.97 Å². The predicted octanol–water partition coefficient (Wildman–Crippen LogP) is 1.17. The number of aromatic nitrogens is 3. The minimum atomic E-state index is -0.839. The lowest BCUT2D eigenvalue weighted by Gasteiger charge is -2.23. The molecule has 2 aromatic heterocycles. The number of rotatable bonds is 6. The van der Waals surface area contributed by atoms with Crippen molar-refractivity contribution in [2.75, 3.05) is 25.6 Å². The summed E-state index contributed by atoms with van der Waals surface area (Å²) in [6, 6.07) is 1.91. The lowest BCUT2D eigenvalue weighted by atomic mass is 10.0. The lowest BCUT2D eigenvalue weighted by molar-refractivity contribution is 0.0357. The maximum absolute atomic E-state index is 10.2. The second kappa shape index (κ2) is 5.54. The molecule has 1 unspecified atom stereocenters.